The van der Waals surface area contributed by atoms with Crippen molar-refractivity contribution in [3.8, 4) is 11.3 Å². The average molecular weight is 441 g/mol. The van der Waals surface area contributed by atoms with E-state index in [0.29, 0.717) is 16.8 Å². The summed E-state index contributed by atoms with van der Waals surface area (Å²) in [6, 6.07) is 1.85. The molecule has 5 rings (SSSR count). The monoisotopic (exact) mass is 440 g/mol. The molecule has 4 heterocycles. The SMILES string of the molecule is Cc1cn(CC2CCC(C)CC2)c2c(-c3cncc(Cl)c3)nc(C3NOC(=O)N3)nc12. The minimum absolute atomic E-state index is 0.431. The molecule has 1 unspecified atom stereocenters. The standard InChI is InChI=1S/C22H25ClN6O2/c1-12-3-5-14(6-4-12)11-29-10-13(2)17-19(29)18(15-7-16(23)9-24-8-15)26-20(25-17)21-27-22(30)31-28-21/h7-10,12,14,21,28H,3-6,11H2,1-2H3,(H,27,30). The van der Waals surface area contributed by atoms with Crippen LogP contribution in [0.15, 0.2) is 24.7 Å². The molecule has 0 bridgehead atoms. The molecule has 2 N–H and O–H groups in total. The Morgan fingerprint density at radius 1 is 1.23 bits per heavy atom. The highest BCUT2D eigenvalue weighted by atomic mass is 35.5. The largest absolute Gasteiger partial charge is 0.427 e. The molecule has 31 heavy (non-hydrogen) atoms. The van der Waals surface area contributed by atoms with Crippen LogP contribution in [0, 0.1) is 18.8 Å². The van der Waals surface area contributed by atoms with Gasteiger partial charge in [-0.25, -0.2) is 14.8 Å². The predicted octanol–water partition coefficient (Wildman–Crippen LogP) is 4.52. The lowest BCUT2D eigenvalue weighted by Crippen LogP contribution is -2.25. The molecule has 2 fully saturated rings. The predicted molar refractivity (Wildman–Crippen MR) is 117 cm³/mol. The molecule has 0 radical (unpaired) electrons. The fraction of sp³-hybridized carbons (Fsp3) is 0.455. The third-order valence-electron chi connectivity index (χ3n) is 6.27. The normalized spacial score (nSPS) is 23.7. The van der Waals surface area contributed by atoms with Crippen LogP contribution in [0.5, 0.6) is 0 Å². The van der Waals surface area contributed by atoms with Crippen LogP contribution in [0.4, 0.5) is 4.79 Å². The fourth-order valence-electron chi connectivity index (χ4n) is 4.59. The number of hydroxylamine groups is 1. The van der Waals surface area contributed by atoms with Crippen LogP contribution in [-0.4, -0.2) is 25.6 Å². The van der Waals surface area contributed by atoms with Crippen molar-refractivity contribution in [3.05, 3.63) is 41.1 Å². The zero-order valence-electron chi connectivity index (χ0n) is 17.6. The maximum absolute atomic E-state index is 11.5. The van der Waals surface area contributed by atoms with E-state index in [2.05, 4.69) is 40.4 Å². The van der Waals surface area contributed by atoms with Crippen LogP contribution in [0.1, 0.15) is 50.2 Å². The summed E-state index contributed by atoms with van der Waals surface area (Å²) in [7, 11) is 0. The summed E-state index contributed by atoms with van der Waals surface area (Å²) >= 11 is 6.24. The Balaban J connectivity index is 1.63. The van der Waals surface area contributed by atoms with Gasteiger partial charge in [0.15, 0.2) is 12.0 Å². The Kier molecular flexibility index (Phi) is 5.27. The van der Waals surface area contributed by atoms with Gasteiger partial charge in [-0.15, -0.1) is 5.48 Å². The third kappa shape index (κ3) is 3.97. The van der Waals surface area contributed by atoms with E-state index in [1.54, 1.807) is 12.4 Å². The average Bonchev–Trinajstić information content (AvgIpc) is 3.32. The number of hydrogen-bond donors (Lipinski definition) is 2. The molecule has 1 saturated heterocycles. The van der Waals surface area contributed by atoms with E-state index in [1.807, 2.05) is 6.07 Å². The number of halogens is 1. The van der Waals surface area contributed by atoms with Crippen molar-refractivity contribution in [3.63, 3.8) is 0 Å². The van der Waals surface area contributed by atoms with Crippen LogP contribution in [-0.2, 0) is 11.4 Å². The molecule has 2 aliphatic rings. The summed E-state index contributed by atoms with van der Waals surface area (Å²) < 4.78 is 2.28. The molecule has 1 saturated carbocycles. The number of carbonyl (C=O) groups is 1. The molecule has 9 heteroatoms. The van der Waals surface area contributed by atoms with Gasteiger partial charge in [0.1, 0.15) is 5.69 Å². The van der Waals surface area contributed by atoms with Crippen molar-refractivity contribution in [2.24, 2.45) is 11.8 Å². The molecule has 8 nitrogen and oxygen atoms in total. The minimum Gasteiger partial charge on any atom is -0.351 e. The highest BCUT2D eigenvalue weighted by molar-refractivity contribution is 6.30. The number of carbonyl (C=O) groups excluding carboxylic acids is 1. The Labute approximate surface area is 185 Å². The molecule has 0 aromatic carbocycles. The lowest BCUT2D eigenvalue weighted by atomic mass is 9.83. The zero-order chi connectivity index (χ0) is 21.5. The topological polar surface area (TPSA) is 94.0 Å². The number of nitrogens with zero attached hydrogens (tertiary/aromatic N) is 4. The summed E-state index contributed by atoms with van der Waals surface area (Å²) in [4.78, 5) is 30.2. The molecular formula is C22H25ClN6O2. The second-order valence-corrected chi connectivity index (χ2v) is 9.13. The maximum Gasteiger partial charge on any atom is 0.427 e. The van der Waals surface area contributed by atoms with Crippen molar-refractivity contribution < 1.29 is 9.63 Å². The minimum atomic E-state index is -0.620. The molecule has 1 aliphatic heterocycles. The summed E-state index contributed by atoms with van der Waals surface area (Å²) in [5.41, 5.74) is 7.07. The van der Waals surface area contributed by atoms with Crippen molar-refractivity contribution in [2.45, 2.75) is 52.2 Å². The van der Waals surface area contributed by atoms with Gasteiger partial charge in [-0.2, -0.15) is 0 Å². The van der Waals surface area contributed by atoms with Gasteiger partial charge in [-0.05, 0) is 43.2 Å². The number of amides is 1. The number of pyridine rings is 1. The van der Waals surface area contributed by atoms with Crippen LogP contribution >= 0.6 is 11.6 Å². The smallest absolute Gasteiger partial charge is 0.351 e. The number of nitrogens with one attached hydrogen (secondary N) is 2. The first kappa shape index (κ1) is 20.2. The van der Waals surface area contributed by atoms with E-state index >= 15 is 0 Å². The Morgan fingerprint density at radius 2 is 2.03 bits per heavy atom. The Morgan fingerprint density at radius 3 is 2.74 bits per heavy atom. The first-order valence-corrected chi connectivity index (χ1v) is 11.1. The molecule has 3 aromatic heterocycles. The number of rotatable bonds is 4. The van der Waals surface area contributed by atoms with Crippen LogP contribution in [0.2, 0.25) is 5.02 Å². The van der Waals surface area contributed by atoms with Gasteiger partial charge in [0.25, 0.3) is 0 Å². The molecular weight excluding hydrogens is 416 g/mol. The van der Waals surface area contributed by atoms with Gasteiger partial charge in [0.05, 0.1) is 16.1 Å². The van der Waals surface area contributed by atoms with Crippen molar-refractivity contribution in [1.82, 2.24) is 30.3 Å². The van der Waals surface area contributed by atoms with Crippen LogP contribution in [0.3, 0.4) is 0 Å². The second kappa shape index (κ2) is 8.09. The lowest BCUT2D eigenvalue weighted by molar-refractivity contribution is 0.120. The molecule has 3 aromatic rings. The highest BCUT2D eigenvalue weighted by Gasteiger charge is 2.29. The van der Waals surface area contributed by atoms with E-state index in [9.17, 15) is 4.79 Å². The van der Waals surface area contributed by atoms with Gasteiger partial charge < -0.3 is 9.40 Å². The van der Waals surface area contributed by atoms with Crippen LogP contribution < -0.4 is 10.8 Å². The Hall–Kier alpha value is -2.71. The summed E-state index contributed by atoms with van der Waals surface area (Å²) in [5.74, 6) is 1.88. The zero-order valence-corrected chi connectivity index (χ0v) is 18.3. The van der Waals surface area contributed by atoms with E-state index in [4.69, 9.17) is 26.4 Å². The van der Waals surface area contributed by atoms with Gasteiger partial charge >= 0.3 is 6.09 Å². The maximum atomic E-state index is 11.5. The van der Waals surface area contributed by atoms with E-state index in [-0.39, 0.29) is 0 Å². The second-order valence-electron chi connectivity index (χ2n) is 8.69. The first-order chi connectivity index (χ1) is 15.0. The van der Waals surface area contributed by atoms with Gasteiger partial charge in [-0.3, -0.25) is 10.3 Å². The number of hydrogen-bond acceptors (Lipinski definition) is 6. The Bertz CT molecular complexity index is 1140. The summed E-state index contributed by atoms with van der Waals surface area (Å²) in [5, 5.41) is 3.21. The van der Waals surface area contributed by atoms with E-state index in [1.165, 1.54) is 25.7 Å². The van der Waals surface area contributed by atoms with Gasteiger partial charge in [0, 0.05) is 30.7 Å². The highest BCUT2D eigenvalue weighted by Crippen LogP contribution is 2.34. The molecule has 0 spiro atoms. The quantitative estimate of drug-likeness (QED) is 0.619. The van der Waals surface area contributed by atoms with Crippen molar-refractivity contribution in [2.75, 3.05) is 0 Å². The number of aryl methyl sites for hydroxylation is 1. The molecule has 1 aliphatic carbocycles. The number of aromatic nitrogens is 4. The lowest BCUT2D eigenvalue weighted by Gasteiger charge is -2.27. The van der Waals surface area contributed by atoms with Crippen molar-refractivity contribution in [1.29, 1.82) is 0 Å². The molecule has 1 atom stereocenters. The first-order valence-electron chi connectivity index (χ1n) is 10.7. The van der Waals surface area contributed by atoms with Crippen molar-refractivity contribution >= 4 is 28.7 Å². The summed E-state index contributed by atoms with van der Waals surface area (Å²) in [6.07, 6.45) is 9.37. The molecule has 162 valence electrons. The number of fused-ring (bicyclic) bond motifs is 1. The van der Waals surface area contributed by atoms with E-state index < -0.39 is 12.3 Å². The fourth-order valence-corrected chi connectivity index (χ4v) is 4.76. The molecule has 1 amide bonds. The van der Waals surface area contributed by atoms with E-state index in [0.717, 1.165) is 40.3 Å². The van der Waals surface area contributed by atoms with Gasteiger partial charge in [-0.1, -0.05) is 31.4 Å². The van der Waals surface area contributed by atoms with Gasteiger partial charge in [0.2, 0.25) is 0 Å². The summed E-state index contributed by atoms with van der Waals surface area (Å²) in [6.45, 7) is 5.32. The third-order valence-corrected chi connectivity index (χ3v) is 6.48. The van der Waals surface area contributed by atoms with Crippen LogP contribution in [0.25, 0.3) is 22.3 Å².